The van der Waals surface area contributed by atoms with Crippen molar-refractivity contribution in [2.75, 3.05) is 13.2 Å². The van der Waals surface area contributed by atoms with E-state index in [-0.39, 0.29) is 18.4 Å². The largest absolute Gasteiger partial charge is 0.375 e. The third-order valence-corrected chi connectivity index (χ3v) is 4.93. The highest BCUT2D eigenvalue weighted by molar-refractivity contribution is 5.84. The van der Waals surface area contributed by atoms with E-state index in [2.05, 4.69) is 23.9 Å². The Balaban J connectivity index is 1.69. The van der Waals surface area contributed by atoms with E-state index in [0.717, 1.165) is 40.0 Å². The van der Waals surface area contributed by atoms with Crippen LogP contribution in [0.2, 0.25) is 0 Å². The van der Waals surface area contributed by atoms with Crippen LogP contribution in [0.5, 0.6) is 0 Å². The van der Waals surface area contributed by atoms with Crippen LogP contribution in [-0.4, -0.2) is 33.9 Å². The number of aryl methyl sites for hydroxylation is 1. The summed E-state index contributed by atoms with van der Waals surface area (Å²) < 4.78 is 7.83. The van der Waals surface area contributed by atoms with Gasteiger partial charge in [-0.05, 0) is 24.1 Å². The topological polar surface area (TPSA) is 69.0 Å². The molecule has 3 heterocycles. The Kier molecular flexibility index (Phi) is 5.21. The second-order valence-electron chi connectivity index (χ2n) is 7.11. The van der Waals surface area contributed by atoms with Crippen LogP contribution in [0.25, 0.3) is 10.9 Å². The van der Waals surface area contributed by atoms with Gasteiger partial charge in [-0.1, -0.05) is 36.9 Å². The number of pyridine rings is 1. The molecule has 2 aromatic heterocycles. The van der Waals surface area contributed by atoms with Gasteiger partial charge < -0.3 is 10.1 Å². The van der Waals surface area contributed by atoms with Gasteiger partial charge in [-0.2, -0.15) is 5.10 Å². The van der Waals surface area contributed by atoms with E-state index in [4.69, 9.17) is 9.72 Å². The number of ether oxygens (including phenoxy) is 1. The molecule has 0 fully saturated rings. The van der Waals surface area contributed by atoms with Crippen molar-refractivity contribution in [1.82, 2.24) is 20.1 Å². The van der Waals surface area contributed by atoms with Crippen molar-refractivity contribution >= 4 is 16.8 Å². The lowest BCUT2D eigenvalue weighted by Gasteiger charge is -2.21. The Morgan fingerprint density at radius 2 is 2.11 bits per heavy atom. The Hall–Kier alpha value is -2.99. The van der Waals surface area contributed by atoms with E-state index >= 15 is 0 Å². The standard InChI is InChI=1S/C22H24N4O2/c1-3-26-22-17(12-23-26)10-18-11-21(27)25-20(16-7-5-4-6-8-16)14-28-13-15(2)9-19(22)24-18/h4-8,10,12,20H,2-3,9,11,13-14H2,1H3,(H,25,27)/t20-/m1/s1. The fourth-order valence-electron chi connectivity index (χ4n) is 3.64. The van der Waals surface area contributed by atoms with Gasteiger partial charge in [-0.3, -0.25) is 14.5 Å². The molecule has 6 nitrogen and oxygen atoms in total. The average Bonchev–Trinajstić information content (AvgIpc) is 3.10. The number of amides is 1. The monoisotopic (exact) mass is 376 g/mol. The molecule has 3 aromatic rings. The first-order valence-corrected chi connectivity index (χ1v) is 9.57. The maximum atomic E-state index is 12.7. The molecule has 1 aliphatic rings. The van der Waals surface area contributed by atoms with Crippen LogP contribution in [0.1, 0.15) is 29.9 Å². The number of hydrogen-bond donors (Lipinski definition) is 1. The summed E-state index contributed by atoms with van der Waals surface area (Å²) in [5.41, 5.74) is 4.62. The van der Waals surface area contributed by atoms with Gasteiger partial charge in [0, 0.05) is 18.4 Å². The molecule has 4 rings (SSSR count). The number of hydrogen-bond acceptors (Lipinski definition) is 4. The highest BCUT2D eigenvalue weighted by Crippen LogP contribution is 2.22. The molecule has 2 bridgehead atoms. The van der Waals surface area contributed by atoms with Crippen LogP contribution in [0.4, 0.5) is 0 Å². The van der Waals surface area contributed by atoms with Crippen LogP contribution >= 0.6 is 0 Å². The van der Waals surface area contributed by atoms with Crippen molar-refractivity contribution in [2.45, 2.75) is 32.4 Å². The molecule has 0 unspecified atom stereocenters. The van der Waals surface area contributed by atoms with Gasteiger partial charge in [0.25, 0.3) is 0 Å². The van der Waals surface area contributed by atoms with Crippen molar-refractivity contribution in [2.24, 2.45) is 0 Å². The predicted molar refractivity (Wildman–Crippen MR) is 108 cm³/mol. The zero-order chi connectivity index (χ0) is 19.5. The SMILES string of the molecule is C=C1COC[C@H](c2ccccc2)NC(=O)Cc2cc3cnn(CC)c3c(n2)C1. The van der Waals surface area contributed by atoms with E-state index in [1.807, 2.05) is 47.3 Å². The lowest BCUT2D eigenvalue weighted by Crippen LogP contribution is -2.33. The van der Waals surface area contributed by atoms with E-state index in [1.165, 1.54) is 0 Å². The molecule has 1 aromatic carbocycles. The predicted octanol–water partition coefficient (Wildman–Crippen LogP) is 2.98. The number of aromatic nitrogens is 3. The minimum atomic E-state index is -0.202. The van der Waals surface area contributed by atoms with Crippen LogP contribution in [0.3, 0.4) is 0 Å². The Morgan fingerprint density at radius 1 is 1.29 bits per heavy atom. The first-order chi connectivity index (χ1) is 13.6. The number of carbonyl (C=O) groups is 1. The second-order valence-corrected chi connectivity index (χ2v) is 7.11. The van der Waals surface area contributed by atoms with Gasteiger partial charge in [-0.15, -0.1) is 0 Å². The van der Waals surface area contributed by atoms with Crippen molar-refractivity contribution in [3.63, 3.8) is 0 Å². The van der Waals surface area contributed by atoms with E-state index in [1.54, 1.807) is 0 Å². The molecular weight excluding hydrogens is 352 g/mol. The maximum absolute atomic E-state index is 12.7. The maximum Gasteiger partial charge on any atom is 0.226 e. The highest BCUT2D eigenvalue weighted by atomic mass is 16.5. The van der Waals surface area contributed by atoms with Crippen LogP contribution in [0.15, 0.2) is 54.7 Å². The molecular formula is C22H24N4O2. The summed E-state index contributed by atoms with van der Waals surface area (Å²) in [6.45, 7) is 7.81. The lowest BCUT2D eigenvalue weighted by atomic mass is 10.1. The minimum absolute atomic E-state index is 0.0717. The zero-order valence-electron chi connectivity index (χ0n) is 16.0. The van der Waals surface area contributed by atoms with Gasteiger partial charge in [0.15, 0.2) is 0 Å². The zero-order valence-corrected chi connectivity index (χ0v) is 16.0. The molecule has 1 aliphatic heterocycles. The molecule has 6 heteroatoms. The quantitative estimate of drug-likeness (QED) is 0.698. The van der Waals surface area contributed by atoms with Gasteiger partial charge in [0.05, 0.1) is 48.8 Å². The number of fused-ring (bicyclic) bond motifs is 4. The Labute approximate surface area is 164 Å². The fourth-order valence-corrected chi connectivity index (χ4v) is 3.64. The molecule has 1 atom stereocenters. The normalized spacial score (nSPS) is 18.4. The summed E-state index contributed by atoms with van der Waals surface area (Å²) in [7, 11) is 0. The number of nitrogens with one attached hydrogen (secondary N) is 1. The van der Waals surface area contributed by atoms with Gasteiger partial charge >= 0.3 is 0 Å². The van der Waals surface area contributed by atoms with Gasteiger partial charge in [0.2, 0.25) is 5.91 Å². The van der Waals surface area contributed by atoms with E-state index < -0.39 is 0 Å². The Morgan fingerprint density at radius 3 is 2.89 bits per heavy atom. The van der Waals surface area contributed by atoms with E-state index in [9.17, 15) is 4.79 Å². The molecule has 144 valence electrons. The number of nitrogens with zero attached hydrogens (tertiary/aromatic N) is 3. The molecule has 0 spiro atoms. The minimum Gasteiger partial charge on any atom is -0.375 e. The summed E-state index contributed by atoms with van der Waals surface area (Å²) in [6, 6.07) is 11.6. The first-order valence-electron chi connectivity index (χ1n) is 9.57. The number of carbonyl (C=O) groups excluding carboxylic acids is 1. The van der Waals surface area contributed by atoms with Crippen molar-refractivity contribution < 1.29 is 9.53 Å². The van der Waals surface area contributed by atoms with Crippen molar-refractivity contribution in [1.29, 1.82) is 0 Å². The van der Waals surface area contributed by atoms with Crippen LogP contribution in [0, 0.1) is 0 Å². The molecule has 28 heavy (non-hydrogen) atoms. The third kappa shape index (κ3) is 3.82. The van der Waals surface area contributed by atoms with Gasteiger partial charge in [-0.25, -0.2) is 0 Å². The molecule has 1 amide bonds. The summed E-state index contributed by atoms with van der Waals surface area (Å²) in [5, 5.41) is 8.53. The summed E-state index contributed by atoms with van der Waals surface area (Å²) in [5.74, 6) is -0.0717. The summed E-state index contributed by atoms with van der Waals surface area (Å²) in [4.78, 5) is 17.5. The molecule has 0 aliphatic carbocycles. The Bertz CT molecular complexity index is 1010. The highest BCUT2D eigenvalue weighted by Gasteiger charge is 2.19. The smallest absolute Gasteiger partial charge is 0.226 e. The van der Waals surface area contributed by atoms with Crippen LogP contribution < -0.4 is 5.32 Å². The number of rotatable bonds is 2. The van der Waals surface area contributed by atoms with Crippen molar-refractivity contribution in [3.05, 3.63) is 71.7 Å². The molecule has 0 saturated heterocycles. The fraction of sp³-hybridized carbons (Fsp3) is 0.318. The molecule has 0 saturated carbocycles. The summed E-state index contributed by atoms with van der Waals surface area (Å²) >= 11 is 0. The summed E-state index contributed by atoms with van der Waals surface area (Å²) in [6.07, 6.45) is 2.66. The molecule has 1 N–H and O–H groups in total. The average molecular weight is 376 g/mol. The second kappa shape index (κ2) is 7.94. The third-order valence-electron chi connectivity index (χ3n) is 4.93. The van der Waals surface area contributed by atoms with Crippen LogP contribution in [-0.2, 0) is 28.9 Å². The number of benzene rings is 1. The molecule has 0 radical (unpaired) electrons. The first kappa shape index (κ1) is 18.4. The van der Waals surface area contributed by atoms with E-state index in [0.29, 0.717) is 19.6 Å². The van der Waals surface area contributed by atoms with Crippen molar-refractivity contribution in [3.8, 4) is 0 Å². The van der Waals surface area contributed by atoms with Gasteiger partial charge in [0.1, 0.15) is 0 Å². The lowest BCUT2D eigenvalue weighted by molar-refractivity contribution is -0.121.